The number of aryl methyl sites for hydroxylation is 1. The number of aromatic amines is 1. The molecule has 4 heteroatoms. The van der Waals surface area contributed by atoms with Gasteiger partial charge < -0.3 is 4.98 Å². The molecule has 2 heterocycles. The third-order valence-electron chi connectivity index (χ3n) is 3.47. The Bertz CT molecular complexity index is 762. The number of thioether (sulfide) groups is 1. The Morgan fingerprint density at radius 3 is 2.81 bits per heavy atom. The summed E-state index contributed by atoms with van der Waals surface area (Å²) in [6, 6.07) is 10.6. The van der Waals surface area contributed by atoms with Crippen LogP contribution in [0.15, 0.2) is 41.4 Å². The highest BCUT2D eigenvalue weighted by molar-refractivity contribution is 7.98. The maximum absolute atomic E-state index is 4.66. The molecule has 0 aliphatic carbocycles. The van der Waals surface area contributed by atoms with E-state index in [1.165, 1.54) is 10.5 Å². The minimum Gasteiger partial charge on any atom is -0.341 e. The van der Waals surface area contributed by atoms with Crippen molar-refractivity contribution in [3.8, 4) is 0 Å². The van der Waals surface area contributed by atoms with E-state index in [0.717, 1.165) is 28.3 Å². The third-order valence-corrected chi connectivity index (χ3v) is 4.47. The summed E-state index contributed by atoms with van der Waals surface area (Å²) in [5.41, 5.74) is 4.56. The Kier molecular flexibility index (Phi) is 3.97. The van der Waals surface area contributed by atoms with Crippen LogP contribution < -0.4 is 0 Å². The molecular weight excluding hydrogens is 278 g/mol. The van der Waals surface area contributed by atoms with Crippen LogP contribution in [0.4, 0.5) is 0 Å². The predicted molar refractivity (Wildman–Crippen MR) is 88.7 cm³/mol. The van der Waals surface area contributed by atoms with Gasteiger partial charge in [-0.1, -0.05) is 19.9 Å². The van der Waals surface area contributed by atoms with Crippen LogP contribution in [0.2, 0.25) is 0 Å². The Balaban J connectivity index is 1.78. The average Bonchev–Trinajstić information content (AvgIpc) is 2.87. The quantitative estimate of drug-likeness (QED) is 0.711. The fourth-order valence-electron chi connectivity index (χ4n) is 2.27. The van der Waals surface area contributed by atoms with E-state index >= 15 is 0 Å². The van der Waals surface area contributed by atoms with Crippen LogP contribution in [0.1, 0.15) is 36.8 Å². The normalized spacial score (nSPS) is 11.4. The summed E-state index contributed by atoms with van der Waals surface area (Å²) < 4.78 is 0. The minimum atomic E-state index is 0.537. The third kappa shape index (κ3) is 3.27. The second kappa shape index (κ2) is 5.90. The second-order valence-corrected chi connectivity index (χ2v) is 6.59. The van der Waals surface area contributed by atoms with Crippen LogP contribution in [0, 0.1) is 6.92 Å². The summed E-state index contributed by atoms with van der Waals surface area (Å²) in [7, 11) is 0. The lowest BCUT2D eigenvalue weighted by molar-refractivity contribution is 0.868. The zero-order valence-electron chi connectivity index (χ0n) is 12.6. The van der Waals surface area contributed by atoms with Gasteiger partial charge in [-0.3, -0.25) is 4.98 Å². The molecule has 1 aromatic carbocycles. The number of fused-ring (bicyclic) bond motifs is 1. The molecule has 1 N–H and O–H groups in total. The Labute approximate surface area is 129 Å². The molecule has 0 aliphatic heterocycles. The molecule has 0 atom stereocenters. The molecule has 21 heavy (non-hydrogen) atoms. The molecule has 3 nitrogen and oxygen atoms in total. The standard InChI is InChI=1S/C17H19N3S/c1-11(2)13-4-5-15-16(9-13)20-17(19-15)10-21-14-6-7-18-12(3)8-14/h4-9,11H,10H2,1-3H3,(H,19,20). The number of nitrogens with zero attached hydrogens (tertiary/aromatic N) is 2. The van der Waals surface area contributed by atoms with E-state index < -0.39 is 0 Å². The van der Waals surface area contributed by atoms with Crippen LogP contribution in [0.3, 0.4) is 0 Å². The molecule has 0 saturated carbocycles. The van der Waals surface area contributed by atoms with Crippen molar-refractivity contribution in [2.24, 2.45) is 0 Å². The molecular formula is C17H19N3S. The number of aromatic nitrogens is 3. The summed E-state index contributed by atoms with van der Waals surface area (Å²) >= 11 is 1.78. The number of hydrogen-bond donors (Lipinski definition) is 1. The lowest BCUT2D eigenvalue weighted by Crippen LogP contribution is -1.86. The maximum atomic E-state index is 4.66. The Morgan fingerprint density at radius 2 is 2.05 bits per heavy atom. The SMILES string of the molecule is Cc1cc(SCc2nc3ccc(C(C)C)cc3[nH]2)ccn1. The van der Waals surface area contributed by atoms with Crippen molar-refractivity contribution in [3.63, 3.8) is 0 Å². The van der Waals surface area contributed by atoms with Crippen molar-refractivity contribution in [1.82, 2.24) is 15.0 Å². The lowest BCUT2D eigenvalue weighted by atomic mass is 10.0. The van der Waals surface area contributed by atoms with Gasteiger partial charge in [-0.25, -0.2) is 4.98 Å². The van der Waals surface area contributed by atoms with Crippen molar-refractivity contribution in [1.29, 1.82) is 0 Å². The van der Waals surface area contributed by atoms with Gasteiger partial charge in [0.25, 0.3) is 0 Å². The average molecular weight is 297 g/mol. The molecule has 3 aromatic rings. The molecule has 0 saturated heterocycles. The van der Waals surface area contributed by atoms with Gasteiger partial charge >= 0.3 is 0 Å². The van der Waals surface area contributed by atoms with Gasteiger partial charge in [-0.05, 0) is 42.7 Å². The monoisotopic (exact) mass is 297 g/mol. The second-order valence-electron chi connectivity index (χ2n) is 5.54. The van der Waals surface area contributed by atoms with Crippen LogP contribution in [0.25, 0.3) is 11.0 Å². The van der Waals surface area contributed by atoms with Crippen LogP contribution in [-0.4, -0.2) is 15.0 Å². The van der Waals surface area contributed by atoms with Gasteiger partial charge in [0.1, 0.15) is 5.82 Å². The van der Waals surface area contributed by atoms with Crippen LogP contribution in [-0.2, 0) is 5.75 Å². The number of hydrogen-bond acceptors (Lipinski definition) is 3. The Hall–Kier alpha value is -1.81. The zero-order chi connectivity index (χ0) is 14.8. The predicted octanol–water partition coefficient (Wildman–Crippen LogP) is 4.68. The Morgan fingerprint density at radius 1 is 1.19 bits per heavy atom. The summed E-state index contributed by atoms with van der Waals surface area (Å²) in [6.45, 7) is 6.43. The van der Waals surface area contributed by atoms with Gasteiger partial charge in [0, 0.05) is 16.8 Å². The molecule has 0 amide bonds. The van der Waals surface area contributed by atoms with Gasteiger partial charge in [0.2, 0.25) is 0 Å². The first-order valence-electron chi connectivity index (χ1n) is 7.16. The minimum absolute atomic E-state index is 0.537. The van der Waals surface area contributed by atoms with Crippen LogP contribution >= 0.6 is 11.8 Å². The summed E-state index contributed by atoms with van der Waals surface area (Å²) in [5.74, 6) is 2.40. The molecule has 0 unspecified atom stereocenters. The van der Waals surface area contributed by atoms with Gasteiger partial charge in [0.05, 0.1) is 16.8 Å². The highest BCUT2D eigenvalue weighted by atomic mass is 32.2. The van der Waals surface area contributed by atoms with E-state index in [2.05, 4.69) is 53.1 Å². The number of rotatable bonds is 4. The number of imidazole rings is 1. The highest BCUT2D eigenvalue weighted by Crippen LogP contribution is 2.24. The lowest BCUT2D eigenvalue weighted by Gasteiger charge is -2.03. The van der Waals surface area contributed by atoms with E-state index in [9.17, 15) is 0 Å². The van der Waals surface area contributed by atoms with E-state index in [-0.39, 0.29) is 0 Å². The largest absolute Gasteiger partial charge is 0.341 e. The van der Waals surface area contributed by atoms with E-state index in [4.69, 9.17) is 0 Å². The van der Waals surface area contributed by atoms with Crippen molar-refractivity contribution in [3.05, 3.63) is 53.6 Å². The van der Waals surface area contributed by atoms with E-state index in [0.29, 0.717) is 5.92 Å². The summed E-state index contributed by atoms with van der Waals surface area (Å²) in [5, 5.41) is 0. The molecule has 0 radical (unpaired) electrons. The zero-order valence-corrected chi connectivity index (χ0v) is 13.4. The smallest absolute Gasteiger partial charge is 0.117 e. The van der Waals surface area contributed by atoms with Crippen LogP contribution in [0.5, 0.6) is 0 Å². The van der Waals surface area contributed by atoms with Crippen molar-refractivity contribution >= 4 is 22.8 Å². The molecule has 0 bridgehead atoms. The van der Waals surface area contributed by atoms with Crippen molar-refractivity contribution < 1.29 is 0 Å². The molecule has 2 aromatic heterocycles. The molecule has 0 spiro atoms. The van der Waals surface area contributed by atoms with Crippen molar-refractivity contribution in [2.45, 2.75) is 37.3 Å². The summed E-state index contributed by atoms with van der Waals surface area (Å²) in [6.07, 6.45) is 1.85. The van der Waals surface area contributed by atoms with Gasteiger partial charge in [-0.15, -0.1) is 11.8 Å². The molecule has 3 rings (SSSR count). The first kappa shape index (κ1) is 14.1. The number of H-pyrrole nitrogens is 1. The fourth-order valence-corrected chi connectivity index (χ4v) is 3.12. The van der Waals surface area contributed by atoms with E-state index in [1.54, 1.807) is 11.8 Å². The topological polar surface area (TPSA) is 41.6 Å². The maximum Gasteiger partial charge on any atom is 0.117 e. The fraction of sp³-hybridized carbons (Fsp3) is 0.294. The van der Waals surface area contributed by atoms with Crippen molar-refractivity contribution in [2.75, 3.05) is 0 Å². The van der Waals surface area contributed by atoms with Gasteiger partial charge in [-0.2, -0.15) is 0 Å². The first-order valence-corrected chi connectivity index (χ1v) is 8.14. The molecule has 108 valence electrons. The van der Waals surface area contributed by atoms with E-state index in [1.807, 2.05) is 19.2 Å². The highest BCUT2D eigenvalue weighted by Gasteiger charge is 2.06. The number of benzene rings is 1. The van der Waals surface area contributed by atoms with Gasteiger partial charge in [0.15, 0.2) is 0 Å². The molecule has 0 aliphatic rings. The number of pyridine rings is 1. The summed E-state index contributed by atoms with van der Waals surface area (Å²) in [4.78, 5) is 13.5. The first-order chi connectivity index (χ1) is 10.1. The molecule has 0 fully saturated rings. The number of nitrogens with one attached hydrogen (secondary N) is 1.